The number of thiophene rings is 1. The minimum absolute atomic E-state index is 0.0187. The van der Waals surface area contributed by atoms with Crippen LogP contribution in [0.3, 0.4) is 0 Å². The molecule has 2 rings (SSSR count). The molecule has 0 atom stereocenters. The van der Waals surface area contributed by atoms with E-state index in [4.69, 9.17) is 11.6 Å². The van der Waals surface area contributed by atoms with Crippen LogP contribution in [0.1, 0.15) is 18.2 Å². The van der Waals surface area contributed by atoms with E-state index in [0.717, 1.165) is 21.5 Å². The highest BCUT2D eigenvalue weighted by atomic mass is 35.5. The van der Waals surface area contributed by atoms with Gasteiger partial charge in [0.25, 0.3) is 0 Å². The Morgan fingerprint density at radius 2 is 2.21 bits per heavy atom. The standard InChI is InChI=1S/C12H15ClN4OS/c1-7-6-9-10(13)16-12(17-11(9)19-7)15-5-3-4-14-8(2)18/h6H,3-5H2,1-2H3,(H,14,18)(H,15,16,17). The van der Waals surface area contributed by atoms with Crippen LogP contribution in [-0.4, -0.2) is 29.0 Å². The van der Waals surface area contributed by atoms with Crippen LogP contribution in [-0.2, 0) is 4.79 Å². The molecule has 0 saturated carbocycles. The van der Waals surface area contributed by atoms with Crippen LogP contribution in [0.15, 0.2) is 6.07 Å². The van der Waals surface area contributed by atoms with Crippen molar-refractivity contribution < 1.29 is 4.79 Å². The number of amides is 1. The highest BCUT2D eigenvalue weighted by Crippen LogP contribution is 2.29. The van der Waals surface area contributed by atoms with Gasteiger partial charge in [0.15, 0.2) is 0 Å². The molecule has 0 saturated heterocycles. The second kappa shape index (κ2) is 6.16. The number of fused-ring (bicyclic) bond motifs is 1. The van der Waals surface area contributed by atoms with Crippen molar-refractivity contribution in [2.24, 2.45) is 0 Å². The normalized spacial score (nSPS) is 10.7. The lowest BCUT2D eigenvalue weighted by atomic mass is 10.4. The van der Waals surface area contributed by atoms with Gasteiger partial charge < -0.3 is 10.6 Å². The van der Waals surface area contributed by atoms with E-state index in [2.05, 4.69) is 20.6 Å². The topological polar surface area (TPSA) is 66.9 Å². The van der Waals surface area contributed by atoms with Gasteiger partial charge in [-0.2, -0.15) is 0 Å². The van der Waals surface area contributed by atoms with Crippen molar-refractivity contribution in [2.75, 3.05) is 18.4 Å². The Bertz CT molecular complexity index is 599. The summed E-state index contributed by atoms with van der Waals surface area (Å²) in [6, 6.07) is 1.99. The van der Waals surface area contributed by atoms with Crippen LogP contribution in [0, 0.1) is 6.92 Å². The van der Waals surface area contributed by atoms with Crippen LogP contribution >= 0.6 is 22.9 Å². The lowest BCUT2D eigenvalue weighted by Crippen LogP contribution is -2.22. The monoisotopic (exact) mass is 298 g/mol. The van der Waals surface area contributed by atoms with E-state index in [1.165, 1.54) is 6.92 Å². The molecule has 0 aliphatic carbocycles. The number of carbonyl (C=O) groups excluding carboxylic acids is 1. The molecule has 0 unspecified atom stereocenters. The average molecular weight is 299 g/mol. The molecule has 2 N–H and O–H groups in total. The number of nitrogens with one attached hydrogen (secondary N) is 2. The van der Waals surface area contributed by atoms with Crippen molar-refractivity contribution >= 4 is 45.0 Å². The molecule has 0 radical (unpaired) electrons. The number of carbonyl (C=O) groups is 1. The first kappa shape index (κ1) is 14.0. The van der Waals surface area contributed by atoms with Gasteiger partial charge in [-0.25, -0.2) is 9.97 Å². The largest absolute Gasteiger partial charge is 0.356 e. The first-order chi connectivity index (χ1) is 9.06. The maximum absolute atomic E-state index is 10.7. The summed E-state index contributed by atoms with van der Waals surface area (Å²) in [5.74, 6) is 0.511. The van der Waals surface area contributed by atoms with E-state index in [-0.39, 0.29) is 5.91 Å². The van der Waals surface area contributed by atoms with Crippen molar-refractivity contribution in [3.05, 3.63) is 16.1 Å². The number of aryl methyl sites for hydroxylation is 1. The predicted molar refractivity (Wildman–Crippen MR) is 79.0 cm³/mol. The summed E-state index contributed by atoms with van der Waals surface area (Å²) < 4.78 is 0. The van der Waals surface area contributed by atoms with Crippen molar-refractivity contribution in [1.29, 1.82) is 0 Å². The van der Waals surface area contributed by atoms with Gasteiger partial charge in [-0.3, -0.25) is 4.79 Å². The highest BCUT2D eigenvalue weighted by Gasteiger charge is 2.08. The molecule has 19 heavy (non-hydrogen) atoms. The smallest absolute Gasteiger partial charge is 0.225 e. The summed E-state index contributed by atoms with van der Waals surface area (Å²) in [7, 11) is 0. The Morgan fingerprint density at radius 1 is 1.42 bits per heavy atom. The molecule has 0 aliphatic rings. The molecule has 1 amide bonds. The Balaban J connectivity index is 1.95. The van der Waals surface area contributed by atoms with Gasteiger partial charge in [-0.05, 0) is 19.4 Å². The van der Waals surface area contributed by atoms with Gasteiger partial charge in [0, 0.05) is 30.3 Å². The van der Waals surface area contributed by atoms with Crippen molar-refractivity contribution in [3.63, 3.8) is 0 Å². The molecule has 0 aliphatic heterocycles. The van der Waals surface area contributed by atoms with E-state index in [0.29, 0.717) is 24.2 Å². The fourth-order valence-corrected chi connectivity index (χ4v) is 2.80. The van der Waals surface area contributed by atoms with Gasteiger partial charge in [0.1, 0.15) is 9.98 Å². The Kier molecular flexibility index (Phi) is 4.55. The number of anilines is 1. The third-order valence-corrected chi connectivity index (χ3v) is 3.71. The molecule has 2 heterocycles. The summed E-state index contributed by atoms with van der Waals surface area (Å²) in [5, 5.41) is 7.21. The quantitative estimate of drug-likeness (QED) is 0.658. The van der Waals surface area contributed by atoms with Gasteiger partial charge in [0.05, 0.1) is 0 Å². The Labute approximate surface area is 120 Å². The number of hydrogen-bond donors (Lipinski definition) is 2. The summed E-state index contributed by atoms with van der Waals surface area (Å²) in [6.07, 6.45) is 0.808. The molecule has 5 nitrogen and oxygen atoms in total. The first-order valence-corrected chi connectivity index (χ1v) is 7.17. The molecule has 0 spiro atoms. The molecule has 0 bridgehead atoms. The fraction of sp³-hybridized carbons (Fsp3) is 0.417. The third-order valence-electron chi connectivity index (χ3n) is 2.48. The van der Waals surface area contributed by atoms with Gasteiger partial charge in [-0.15, -0.1) is 11.3 Å². The lowest BCUT2D eigenvalue weighted by molar-refractivity contribution is -0.118. The van der Waals surface area contributed by atoms with Crippen molar-refractivity contribution in [1.82, 2.24) is 15.3 Å². The number of aromatic nitrogens is 2. The van der Waals surface area contributed by atoms with Crippen LogP contribution < -0.4 is 10.6 Å². The maximum Gasteiger partial charge on any atom is 0.225 e. The van der Waals surface area contributed by atoms with Gasteiger partial charge >= 0.3 is 0 Å². The molecule has 0 fully saturated rings. The number of hydrogen-bond acceptors (Lipinski definition) is 5. The van der Waals surface area contributed by atoms with E-state index < -0.39 is 0 Å². The van der Waals surface area contributed by atoms with Crippen LogP contribution in [0.4, 0.5) is 5.95 Å². The number of halogens is 1. The second-order valence-electron chi connectivity index (χ2n) is 4.18. The molecule has 2 aromatic heterocycles. The molecule has 7 heteroatoms. The average Bonchev–Trinajstić information content (AvgIpc) is 2.69. The van der Waals surface area contributed by atoms with E-state index in [1.807, 2.05) is 13.0 Å². The van der Waals surface area contributed by atoms with Crippen LogP contribution in [0.2, 0.25) is 5.15 Å². The minimum atomic E-state index is -0.0187. The van der Waals surface area contributed by atoms with E-state index >= 15 is 0 Å². The molecular formula is C12H15ClN4OS. The summed E-state index contributed by atoms with van der Waals surface area (Å²) in [6.45, 7) is 4.84. The van der Waals surface area contributed by atoms with Crippen LogP contribution in [0.25, 0.3) is 10.2 Å². The van der Waals surface area contributed by atoms with E-state index in [9.17, 15) is 4.79 Å². The van der Waals surface area contributed by atoms with Crippen molar-refractivity contribution in [3.8, 4) is 0 Å². The number of nitrogens with zero attached hydrogens (tertiary/aromatic N) is 2. The van der Waals surface area contributed by atoms with Crippen LogP contribution in [0.5, 0.6) is 0 Å². The number of rotatable bonds is 5. The molecular weight excluding hydrogens is 284 g/mol. The lowest BCUT2D eigenvalue weighted by Gasteiger charge is -2.05. The Morgan fingerprint density at radius 3 is 2.95 bits per heavy atom. The van der Waals surface area contributed by atoms with Gasteiger partial charge in [0.2, 0.25) is 11.9 Å². The molecule has 2 aromatic rings. The Hall–Kier alpha value is -1.40. The predicted octanol–water partition coefficient (Wildman–Crippen LogP) is 2.59. The van der Waals surface area contributed by atoms with Gasteiger partial charge in [-0.1, -0.05) is 11.6 Å². The second-order valence-corrected chi connectivity index (χ2v) is 5.77. The molecule has 0 aromatic carbocycles. The summed E-state index contributed by atoms with van der Waals surface area (Å²) in [5.41, 5.74) is 0. The third kappa shape index (κ3) is 3.78. The zero-order valence-corrected chi connectivity index (χ0v) is 12.4. The SMILES string of the molecule is CC(=O)NCCCNc1nc(Cl)c2cc(C)sc2n1. The minimum Gasteiger partial charge on any atom is -0.356 e. The summed E-state index contributed by atoms with van der Waals surface area (Å²) in [4.78, 5) is 21.4. The highest BCUT2D eigenvalue weighted by molar-refractivity contribution is 7.18. The maximum atomic E-state index is 10.7. The zero-order valence-electron chi connectivity index (χ0n) is 10.8. The zero-order chi connectivity index (χ0) is 13.8. The summed E-state index contributed by atoms with van der Waals surface area (Å²) >= 11 is 7.71. The molecule has 102 valence electrons. The fourth-order valence-electron chi connectivity index (χ4n) is 1.64. The first-order valence-electron chi connectivity index (χ1n) is 5.98. The van der Waals surface area contributed by atoms with E-state index in [1.54, 1.807) is 11.3 Å². The van der Waals surface area contributed by atoms with Crippen molar-refractivity contribution in [2.45, 2.75) is 20.3 Å².